The second-order valence-electron chi connectivity index (χ2n) is 7.08. The number of nitrogens with zero attached hydrogens (tertiary/aromatic N) is 3. The molecule has 4 aromatic rings. The van der Waals surface area contributed by atoms with E-state index in [1.807, 2.05) is 74.6 Å². The normalized spacial score (nSPS) is 11.4. The van der Waals surface area contributed by atoms with Gasteiger partial charge in [-0.25, -0.2) is 4.98 Å². The molecule has 1 amide bonds. The molecule has 2 aromatic carbocycles. The minimum atomic E-state index is -0.0464. The Balaban J connectivity index is 1.58. The zero-order chi connectivity index (χ0) is 20.4. The third-order valence-electron chi connectivity index (χ3n) is 4.66. The number of hydrogen-bond donors (Lipinski definition) is 1. The number of aromatic nitrogens is 2. The van der Waals surface area contributed by atoms with Crippen LogP contribution in [0.25, 0.3) is 26.4 Å². The van der Waals surface area contributed by atoms with Crippen LogP contribution in [0.5, 0.6) is 5.75 Å². The molecule has 1 N–H and O–H groups in total. The topological polar surface area (TPSA) is 58.9 Å². The minimum absolute atomic E-state index is 0.0464. The Bertz CT molecular complexity index is 1150. The van der Waals surface area contributed by atoms with Crippen LogP contribution >= 0.6 is 11.3 Å². The van der Waals surface area contributed by atoms with E-state index in [1.54, 1.807) is 11.3 Å². The summed E-state index contributed by atoms with van der Waals surface area (Å²) in [5.74, 6) is 0.814. The van der Waals surface area contributed by atoms with Crippen LogP contribution < -0.4 is 10.1 Å². The molecule has 29 heavy (non-hydrogen) atoms. The van der Waals surface area contributed by atoms with Crippen molar-refractivity contribution < 1.29 is 9.53 Å². The molecular weight excluding hydrogens is 384 g/mol. The molecule has 0 spiro atoms. The number of nitrogens with one attached hydrogen (secondary N) is 1. The van der Waals surface area contributed by atoms with Crippen molar-refractivity contribution in [3.63, 3.8) is 0 Å². The highest BCUT2D eigenvalue weighted by molar-refractivity contribution is 7.23. The molecule has 150 valence electrons. The van der Waals surface area contributed by atoms with Crippen LogP contribution in [0, 0.1) is 0 Å². The third-order valence-corrected chi connectivity index (χ3v) is 5.68. The predicted molar refractivity (Wildman–Crippen MR) is 118 cm³/mol. The number of amides is 1. The summed E-state index contributed by atoms with van der Waals surface area (Å²) in [7, 11) is 3.97. The first kappa shape index (κ1) is 19.4. The molecule has 6 nitrogen and oxygen atoms in total. The van der Waals surface area contributed by atoms with Crippen LogP contribution in [0.2, 0.25) is 0 Å². The Morgan fingerprint density at radius 2 is 2.00 bits per heavy atom. The van der Waals surface area contributed by atoms with Gasteiger partial charge in [-0.3, -0.25) is 9.20 Å². The van der Waals surface area contributed by atoms with Gasteiger partial charge < -0.3 is 15.0 Å². The predicted octanol–water partition coefficient (Wildman–Crippen LogP) is 3.91. The molecule has 0 fully saturated rings. The highest BCUT2D eigenvalue weighted by atomic mass is 32.1. The molecule has 0 aliphatic carbocycles. The fourth-order valence-electron chi connectivity index (χ4n) is 3.17. The van der Waals surface area contributed by atoms with Gasteiger partial charge in [0.2, 0.25) is 0 Å². The summed E-state index contributed by atoms with van der Waals surface area (Å²) in [6, 6.07) is 13.8. The van der Waals surface area contributed by atoms with E-state index in [2.05, 4.69) is 9.72 Å². The summed E-state index contributed by atoms with van der Waals surface area (Å²) in [5, 5.41) is 2.96. The van der Waals surface area contributed by atoms with Crippen molar-refractivity contribution in [3.05, 3.63) is 54.2 Å². The molecule has 0 saturated carbocycles. The van der Waals surface area contributed by atoms with Gasteiger partial charge in [-0.05, 0) is 63.5 Å². The first-order chi connectivity index (χ1) is 14.0. The van der Waals surface area contributed by atoms with Gasteiger partial charge in [0.25, 0.3) is 5.91 Å². The van der Waals surface area contributed by atoms with Crippen LogP contribution in [0.1, 0.15) is 17.3 Å². The lowest BCUT2D eigenvalue weighted by atomic mass is 10.1. The zero-order valence-electron chi connectivity index (χ0n) is 16.8. The average Bonchev–Trinajstić information content (AvgIpc) is 3.26. The maximum absolute atomic E-state index is 12.4. The van der Waals surface area contributed by atoms with Crippen LogP contribution in [0.15, 0.2) is 48.7 Å². The molecule has 0 aliphatic heterocycles. The summed E-state index contributed by atoms with van der Waals surface area (Å²) in [6.45, 7) is 4.07. The molecule has 0 radical (unpaired) electrons. The van der Waals surface area contributed by atoms with Gasteiger partial charge in [0, 0.05) is 30.4 Å². The van der Waals surface area contributed by atoms with E-state index in [9.17, 15) is 4.79 Å². The van der Waals surface area contributed by atoms with E-state index in [1.165, 1.54) is 0 Å². The number of carbonyl (C=O) groups is 1. The number of thiazole rings is 1. The average molecular weight is 409 g/mol. The standard InChI is InChI=1S/C22H24N4O2S/c1-4-28-17-8-5-15(6-9-17)18-14-26-19-10-7-16(13-20(19)29-22(26)24-18)21(27)23-11-12-25(2)3/h5-10,13-14H,4,11-12H2,1-3H3,(H,23,27). The minimum Gasteiger partial charge on any atom is -0.494 e. The molecule has 2 aromatic heterocycles. The Hall–Kier alpha value is -2.90. The van der Waals surface area contributed by atoms with Crippen molar-refractivity contribution in [2.75, 3.05) is 33.8 Å². The Kier molecular flexibility index (Phi) is 5.51. The summed E-state index contributed by atoms with van der Waals surface area (Å²) < 4.78 is 8.64. The van der Waals surface area contributed by atoms with Gasteiger partial charge in [0.05, 0.1) is 22.5 Å². The summed E-state index contributed by atoms with van der Waals surface area (Å²) in [5.41, 5.74) is 3.70. The van der Waals surface area contributed by atoms with Crippen molar-refractivity contribution in [2.24, 2.45) is 0 Å². The van der Waals surface area contributed by atoms with Gasteiger partial charge in [-0.2, -0.15) is 0 Å². The van der Waals surface area contributed by atoms with E-state index in [0.717, 1.165) is 38.7 Å². The maximum atomic E-state index is 12.4. The first-order valence-electron chi connectivity index (χ1n) is 9.63. The van der Waals surface area contributed by atoms with Gasteiger partial charge in [0.15, 0.2) is 4.96 Å². The van der Waals surface area contributed by atoms with Crippen LogP contribution in [-0.4, -0.2) is 54.0 Å². The molecule has 0 saturated heterocycles. The van der Waals surface area contributed by atoms with E-state index in [0.29, 0.717) is 18.7 Å². The van der Waals surface area contributed by atoms with Gasteiger partial charge in [-0.15, -0.1) is 0 Å². The van der Waals surface area contributed by atoms with Crippen molar-refractivity contribution in [3.8, 4) is 17.0 Å². The van der Waals surface area contributed by atoms with Gasteiger partial charge in [0.1, 0.15) is 5.75 Å². The lowest BCUT2D eigenvalue weighted by Gasteiger charge is -2.10. The van der Waals surface area contributed by atoms with Crippen LogP contribution in [0.4, 0.5) is 0 Å². The number of carbonyl (C=O) groups excluding carboxylic acids is 1. The lowest BCUT2D eigenvalue weighted by molar-refractivity contribution is 0.0951. The molecule has 0 unspecified atom stereocenters. The first-order valence-corrected chi connectivity index (χ1v) is 10.4. The number of hydrogen-bond acceptors (Lipinski definition) is 5. The number of fused-ring (bicyclic) bond motifs is 3. The Morgan fingerprint density at radius 1 is 1.21 bits per heavy atom. The number of benzene rings is 2. The number of likely N-dealkylation sites (N-methyl/N-ethyl adjacent to an activating group) is 1. The van der Waals surface area contributed by atoms with E-state index < -0.39 is 0 Å². The van der Waals surface area contributed by atoms with E-state index in [4.69, 9.17) is 9.72 Å². The van der Waals surface area contributed by atoms with Gasteiger partial charge >= 0.3 is 0 Å². The fourth-order valence-corrected chi connectivity index (χ4v) is 4.21. The van der Waals surface area contributed by atoms with Crippen LogP contribution in [-0.2, 0) is 0 Å². The Labute approximate surface area is 173 Å². The summed E-state index contributed by atoms with van der Waals surface area (Å²) >= 11 is 1.59. The maximum Gasteiger partial charge on any atom is 0.251 e. The third kappa shape index (κ3) is 4.11. The van der Waals surface area contributed by atoms with Crippen molar-refractivity contribution in [2.45, 2.75) is 6.92 Å². The number of ether oxygens (including phenoxy) is 1. The molecule has 4 rings (SSSR count). The SMILES string of the molecule is CCOc1ccc(-c2cn3c(n2)sc2cc(C(=O)NCCN(C)C)ccc23)cc1. The van der Waals surface area contributed by atoms with Crippen LogP contribution in [0.3, 0.4) is 0 Å². The quantitative estimate of drug-likeness (QED) is 0.504. The second-order valence-corrected chi connectivity index (χ2v) is 8.09. The molecular formula is C22H24N4O2S. The highest BCUT2D eigenvalue weighted by Crippen LogP contribution is 2.30. The number of rotatable bonds is 7. The Morgan fingerprint density at radius 3 is 2.72 bits per heavy atom. The highest BCUT2D eigenvalue weighted by Gasteiger charge is 2.13. The lowest BCUT2D eigenvalue weighted by Crippen LogP contribution is -2.31. The van der Waals surface area contributed by atoms with Crippen molar-refractivity contribution >= 4 is 32.4 Å². The van der Waals surface area contributed by atoms with E-state index in [-0.39, 0.29) is 5.91 Å². The molecule has 0 atom stereocenters. The van der Waals surface area contributed by atoms with Crippen molar-refractivity contribution in [1.29, 1.82) is 0 Å². The molecule has 0 bridgehead atoms. The molecule has 7 heteroatoms. The monoisotopic (exact) mass is 408 g/mol. The van der Waals surface area contributed by atoms with E-state index >= 15 is 0 Å². The second kappa shape index (κ2) is 8.23. The largest absolute Gasteiger partial charge is 0.494 e. The molecule has 2 heterocycles. The summed E-state index contributed by atoms with van der Waals surface area (Å²) in [6.07, 6.45) is 2.04. The number of imidazole rings is 1. The molecule has 0 aliphatic rings. The summed E-state index contributed by atoms with van der Waals surface area (Å²) in [4.78, 5) is 20.1. The fraction of sp³-hybridized carbons (Fsp3) is 0.273. The van der Waals surface area contributed by atoms with Gasteiger partial charge in [-0.1, -0.05) is 11.3 Å². The van der Waals surface area contributed by atoms with Crippen molar-refractivity contribution in [1.82, 2.24) is 19.6 Å². The smallest absolute Gasteiger partial charge is 0.251 e. The zero-order valence-corrected chi connectivity index (χ0v) is 17.6.